The van der Waals surface area contributed by atoms with E-state index in [9.17, 15) is 0 Å². The van der Waals surface area contributed by atoms with Crippen LogP contribution in [0.4, 0.5) is 0 Å². The smallest absolute Gasteiger partial charge is 0 e. The minimum atomic E-state index is 0. The topological polar surface area (TPSA) is 189 Å². The summed E-state index contributed by atoms with van der Waals surface area (Å²) in [6, 6.07) is 0. The summed E-state index contributed by atoms with van der Waals surface area (Å²) < 4.78 is 0. The Balaban J connectivity index is 0. The van der Waals surface area contributed by atoms with Crippen molar-refractivity contribution in [2.75, 3.05) is 0 Å². The van der Waals surface area contributed by atoms with Crippen molar-refractivity contribution in [2.45, 2.75) is 0 Å². The number of hydrogen-bond acceptors (Lipinski definition) is 0. The van der Waals surface area contributed by atoms with Gasteiger partial charge in [0.15, 0.2) is 0 Å². The number of hydrogen-bond donors (Lipinski definition) is 0. The maximum Gasteiger partial charge on any atom is 0 e. The van der Waals surface area contributed by atoms with Crippen LogP contribution < -0.4 is 0 Å². The summed E-state index contributed by atoms with van der Waals surface area (Å²) in [4.78, 5) is 0. The van der Waals surface area contributed by atoms with Crippen LogP contribution in [0, 0.1) is 39.9 Å². The average molecular weight is 302 g/mol. The first-order valence-electron chi connectivity index (χ1n) is 0. The molecule has 0 unspecified atom stereocenters. The molecule has 64 valence electrons. The molecule has 0 saturated heterocycles. The number of halogens is 1. The first-order chi connectivity index (χ1) is 0. The minimum absolute atomic E-state index is 0. The molecule has 0 atom stereocenters. The van der Waals surface area contributed by atoms with Crippen LogP contribution in [0.5, 0.6) is 0 Å². The average Bonchev–Trinajstić information content (AvgIpc) is 0. The second-order valence-corrected chi connectivity index (χ2v) is 0. The molecule has 6 nitrogen and oxygen atoms in total. The van der Waals surface area contributed by atoms with Crippen molar-refractivity contribution >= 4 is 12.4 Å². The Bertz CT molecular complexity index is 8.49. The maximum absolute atomic E-state index is 0. The predicted octanol–water partition coefficient (Wildman–Crippen LogP) is -4.53. The van der Waals surface area contributed by atoms with Gasteiger partial charge in [-0.15, -0.1) is 12.4 Å². The molecule has 12 N–H and O–H groups in total. The summed E-state index contributed by atoms with van der Waals surface area (Å²) in [6.45, 7) is 0. The van der Waals surface area contributed by atoms with E-state index in [4.69, 9.17) is 0 Å². The number of rotatable bonds is 0. The van der Waals surface area contributed by atoms with Gasteiger partial charge in [0.2, 0.25) is 0 Å². The van der Waals surface area contributed by atoms with Gasteiger partial charge in [-0.3, -0.25) is 0 Å². The van der Waals surface area contributed by atoms with Gasteiger partial charge in [0, 0.05) is 39.9 Å². The van der Waals surface area contributed by atoms with E-state index in [-0.39, 0.29) is 85.2 Å². The summed E-state index contributed by atoms with van der Waals surface area (Å²) in [5, 5.41) is 0. The second-order valence-electron chi connectivity index (χ2n) is 0. The van der Waals surface area contributed by atoms with Crippen molar-refractivity contribution in [1.82, 2.24) is 0 Å². The monoisotopic (exact) mass is 302 g/mol. The Morgan fingerprint density at radius 3 is 0.375 bits per heavy atom. The van der Waals surface area contributed by atoms with Gasteiger partial charge in [0.1, 0.15) is 0 Å². The molecule has 8 heavy (non-hydrogen) atoms. The van der Waals surface area contributed by atoms with Gasteiger partial charge in [0.05, 0.1) is 0 Å². The van der Waals surface area contributed by atoms with Gasteiger partial charge in [-0.2, -0.15) is 0 Å². The van der Waals surface area contributed by atoms with Gasteiger partial charge < -0.3 is 32.9 Å². The van der Waals surface area contributed by atoms with Crippen molar-refractivity contribution in [3.63, 3.8) is 0 Å². The van der Waals surface area contributed by atoms with Gasteiger partial charge in [-0.1, -0.05) is 0 Å². The van der Waals surface area contributed by atoms with Crippen LogP contribution in [0.25, 0.3) is 0 Å². The summed E-state index contributed by atoms with van der Waals surface area (Å²) in [6.07, 6.45) is 0. The van der Waals surface area contributed by atoms with E-state index in [1.54, 1.807) is 0 Å². The van der Waals surface area contributed by atoms with Crippen molar-refractivity contribution in [3.8, 4) is 0 Å². The summed E-state index contributed by atoms with van der Waals surface area (Å²) >= 11 is 0. The molecule has 0 aromatic heterocycles. The third-order valence-corrected chi connectivity index (χ3v) is 0. The van der Waals surface area contributed by atoms with Crippen LogP contribution in [0.15, 0.2) is 0 Å². The zero-order chi connectivity index (χ0) is 0. The molecule has 0 fully saturated rings. The van der Waals surface area contributed by atoms with Gasteiger partial charge in [0.25, 0.3) is 0 Å². The molecular weight excluding hydrogens is 289 g/mol. The van der Waals surface area contributed by atoms with E-state index in [1.165, 1.54) is 0 Å². The van der Waals surface area contributed by atoms with Crippen LogP contribution in [-0.4, -0.2) is 32.9 Å². The van der Waals surface area contributed by atoms with E-state index < -0.39 is 0 Å². The summed E-state index contributed by atoms with van der Waals surface area (Å²) in [7, 11) is 0. The molecule has 0 rings (SSSR count). The van der Waals surface area contributed by atoms with Gasteiger partial charge in [-0.05, 0) is 0 Å². The normalized spacial score (nSPS) is 0. The molecule has 0 bridgehead atoms. The molecule has 0 saturated carbocycles. The first-order valence-corrected chi connectivity index (χ1v) is 0. The van der Waals surface area contributed by atoms with Crippen molar-refractivity contribution in [1.29, 1.82) is 0 Å². The zero-order valence-electron chi connectivity index (χ0n) is 3.76. The van der Waals surface area contributed by atoms with E-state index in [1.807, 2.05) is 0 Å². The van der Waals surface area contributed by atoms with Crippen molar-refractivity contribution in [3.05, 3.63) is 0 Å². The van der Waals surface area contributed by atoms with Crippen LogP contribution >= 0.6 is 12.4 Å². The van der Waals surface area contributed by atoms with E-state index in [2.05, 4.69) is 0 Å². The molecule has 0 aromatic carbocycles. The Hall–Kier alpha value is 1.37. The quantitative estimate of drug-likeness (QED) is 0.417. The Kier molecular flexibility index (Phi) is 10500. The molecule has 0 spiro atoms. The standard InChI is InChI=1S/ClH.Gd.6H2O/h1H;;6*1H2. The fourth-order valence-electron chi connectivity index (χ4n) is 0. The Morgan fingerprint density at radius 2 is 0.375 bits per heavy atom. The zero-order valence-corrected chi connectivity index (χ0v) is 6.85. The maximum atomic E-state index is 0. The molecule has 0 aliphatic rings. The second kappa shape index (κ2) is 241. The van der Waals surface area contributed by atoms with E-state index in [0.717, 1.165) is 0 Å². The molecule has 0 amide bonds. The fraction of sp³-hybridized carbons (Fsp3) is 0. The third kappa shape index (κ3) is 159. The van der Waals surface area contributed by atoms with E-state index in [0.29, 0.717) is 0 Å². The van der Waals surface area contributed by atoms with Gasteiger partial charge >= 0.3 is 0 Å². The van der Waals surface area contributed by atoms with Crippen LogP contribution in [-0.2, 0) is 0 Å². The van der Waals surface area contributed by atoms with Crippen molar-refractivity contribution < 1.29 is 72.8 Å². The molecule has 0 aliphatic heterocycles. The molecule has 0 aromatic rings. The Labute approximate surface area is 84.6 Å². The van der Waals surface area contributed by atoms with Crippen LogP contribution in [0.3, 0.4) is 0 Å². The predicted molar refractivity (Wildman–Crippen MR) is 28.9 cm³/mol. The Morgan fingerprint density at radius 1 is 0.375 bits per heavy atom. The van der Waals surface area contributed by atoms with Crippen LogP contribution in [0.2, 0.25) is 0 Å². The van der Waals surface area contributed by atoms with Crippen molar-refractivity contribution in [2.24, 2.45) is 0 Å². The largest absolute Gasteiger partial charge is 0.412 e. The summed E-state index contributed by atoms with van der Waals surface area (Å²) in [5.74, 6) is 0. The van der Waals surface area contributed by atoms with E-state index >= 15 is 0 Å². The van der Waals surface area contributed by atoms with Crippen LogP contribution in [0.1, 0.15) is 0 Å². The SMILES string of the molecule is Cl.O.O.O.O.O.O.[Gd]. The molecule has 8 heteroatoms. The molecule has 0 heterocycles. The molecule has 0 aliphatic carbocycles. The summed E-state index contributed by atoms with van der Waals surface area (Å²) in [5.41, 5.74) is 0. The molecular formula is H13ClGdO6. The fourth-order valence-corrected chi connectivity index (χ4v) is 0. The van der Waals surface area contributed by atoms with Gasteiger partial charge in [-0.25, -0.2) is 0 Å². The minimum Gasteiger partial charge on any atom is -0.412 e. The molecule has 0 radical (unpaired) electrons. The first kappa shape index (κ1) is 348. The third-order valence-electron chi connectivity index (χ3n) is 0.